The fraction of sp³-hybridized carbons (Fsp3) is 0.812. The molecule has 1 aliphatic carbocycles. The molecule has 4 fully saturated rings. The van der Waals surface area contributed by atoms with E-state index in [0.717, 1.165) is 32.1 Å². The van der Waals surface area contributed by atoms with Gasteiger partial charge in [0.1, 0.15) is 11.6 Å². The second-order valence-corrected chi connectivity index (χ2v) is 7.06. The number of carbonyl (C=O) groups excluding carboxylic acids is 3. The van der Waals surface area contributed by atoms with Crippen LogP contribution in [0.25, 0.3) is 0 Å². The molecule has 4 aliphatic rings. The summed E-state index contributed by atoms with van der Waals surface area (Å²) in [5, 5.41) is 0. The van der Waals surface area contributed by atoms with Gasteiger partial charge in [0.15, 0.2) is 0 Å². The Morgan fingerprint density at radius 2 is 1.91 bits per heavy atom. The normalized spacial score (nSPS) is 35.0. The van der Waals surface area contributed by atoms with E-state index in [9.17, 15) is 14.4 Å². The number of amides is 4. The van der Waals surface area contributed by atoms with Crippen molar-refractivity contribution in [1.29, 1.82) is 0 Å². The number of fused-ring (bicyclic) bond motifs is 1. The van der Waals surface area contributed by atoms with Crippen LogP contribution in [0.15, 0.2) is 0 Å². The number of rotatable bonds is 4. The van der Waals surface area contributed by atoms with Crippen molar-refractivity contribution in [3.63, 3.8) is 0 Å². The van der Waals surface area contributed by atoms with Crippen molar-refractivity contribution in [1.82, 2.24) is 14.7 Å². The minimum Gasteiger partial charge on any atom is -0.338 e. The average molecular weight is 305 g/mol. The second kappa shape index (κ2) is 4.70. The zero-order valence-corrected chi connectivity index (χ0v) is 13.1. The van der Waals surface area contributed by atoms with Crippen LogP contribution in [0.2, 0.25) is 0 Å². The SMILES string of the molecule is CCC[C@]12CCCN1C(=O)N([C@@H]1CCN(C3CC3)C1=O)C2=O. The maximum atomic E-state index is 13.0. The molecule has 0 aromatic carbocycles. The summed E-state index contributed by atoms with van der Waals surface area (Å²) in [5.74, 6) is -0.134. The summed E-state index contributed by atoms with van der Waals surface area (Å²) in [5.41, 5.74) is -0.654. The standard InChI is InChI=1S/C16H23N3O3/c1-2-7-16-8-3-9-18(16)15(22)19(14(16)21)12-6-10-17(13(12)20)11-4-5-11/h11-12H,2-10H2,1H3/t12-,16-/m1/s1. The van der Waals surface area contributed by atoms with Crippen LogP contribution in [-0.2, 0) is 9.59 Å². The van der Waals surface area contributed by atoms with Gasteiger partial charge in [0, 0.05) is 19.1 Å². The predicted octanol–water partition coefficient (Wildman–Crippen LogP) is 1.35. The van der Waals surface area contributed by atoms with Crippen molar-refractivity contribution in [3.8, 4) is 0 Å². The van der Waals surface area contributed by atoms with E-state index < -0.39 is 11.6 Å². The monoisotopic (exact) mass is 305 g/mol. The van der Waals surface area contributed by atoms with Crippen LogP contribution < -0.4 is 0 Å². The molecule has 4 rings (SSSR count). The number of hydrogen-bond acceptors (Lipinski definition) is 3. The topological polar surface area (TPSA) is 60.9 Å². The fourth-order valence-corrected chi connectivity index (χ4v) is 4.55. The van der Waals surface area contributed by atoms with Crippen molar-refractivity contribution in [2.45, 2.75) is 69.5 Å². The van der Waals surface area contributed by atoms with Crippen LogP contribution in [0, 0.1) is 0 Å². The molecule has 6 heteroatoms. The Kier molecular flexibility index (Phi) is 3.00. The summed E-state index contributed by atoms with van der Waals surface area (Å²) in [4.78, 5) is 43.3. The van der Waals surface area contributed by atoms with Gasteiger partial charge in [0.25, 0.3) is 5.91 Å². The molecule has 0 bridgehead atoms. The van der Waals surface area contributed by atoms with Crippen LogP contribution in [0.4, 0.5) is 4.79 Å². The highest BCUT2D eigenvalue weighted by atomic mass is 16.2. The first-order valence-electron chi connectivity index (χ1n) is 8.56. The van der Waals surface area contributed by atoms with E-state index >= 15 is 0 Å². The van der Waals surface area contributed by atoms with Gasteiger partial charge in [-0.1, -0.05) is 13.3 Å². The van der Waals surface area contributed by atoms with Gasteiger partial charge in [-0.15, -0.1) is 0 Å². The molecule has 0 N–H and O–H groups in total. The summed E-state index contributed by atoms with van der Waals surface area (Å²) in [6.07, 6.45) is 5.94. The summed E-state index contributed by atoms with van der Waals surface area (Å²) in [6, 6.07) is -0.429. The Hall–Kier alpha value is -1.59. The molecule has 0 aromatic rings. The van der Waals surface area contributed by atoms with Crippen molar-refractivity contribution in [3.05, 3.63) is 0 Å². The van der Waals surface area contributed by atoms with Crippen molar-refractivity contribution in [2.75, 3.05) is 13.1 Å². The van der Waals surface area contributed by atoms with Crippen LogP contribution in [0.1, 0.15) is 51.9 Å². The third-order valence-corrected chi connectivity index (χ3v) is 5.72. The quantitative estimate of drug-likeness (QED) is 0.737. The zero-order chi connectivity index (χ0) is 15.5. The van der Waals surface area contributed by atoms with E-state index in [0.29, 0.717) is 32.0 Å². The number of nitrogens with zero attached hydrogens (tertiary/aromatic N) is 3. The Balaban J connectivity index is 1.61. The Labute approximate surface area is 130 Å². The molecular weight excluding hydrogens is 282 g/mol. The molecule has 4 amide bonds. The molecule has 6 nitrogen and oxygen atoms in total. The molecule has 0 radical (unpaired) electrons. The summed E-state index contributed by atoms with van der Waals surface area (Å²) in [6.45, 7) is 3.38. The van der Waals surface area contributed by atoms with Crippen molar-refractivity contribution in [2.24, 2.45) is 0 Å². The maximum Gasteiger partial charge on any atom is 0.328 e. The number of likely N-dealkylation sites (tertiary alicyclic amines) is 1. The number of imide groups is 1. The van der Waals surface area contributed by atoms with E-state index in [1.165, 1.54) is 4.90 Å². The number of urea groups is 1. The summed E-state index contributed by atoms with van der Waals surface area (Å²) in [7, 11) is 0. The smallest absolute Gasteiger partial charge is 0.328 e. The Morgan fingerprint density at radius 3 is 2.59 bits per heavy atom. The lowest BCUT2D eigenvalue weighted by Crippen LogP contribution is -2.48. The summed E-state index contributed by atoms with van der Waals surface area (Å²) >= 11 is 0. The lowest BCUT2D eigenvalue weighted by molar-refractivity contribution is -0.140. The van der Waals surface area contributed by atoms with E-state index in [-0.39, 0.29) is 17.8 Å². The van der Waals surface area contributed by atoms with E-state index in [4.69, 9.17) is 0 Å². The van der Waals surface area contributed by atoms with Gasteiger partial charge in [-0.3, -0.25) is 9.59 Å². The van der Waals surface area contributed by atoms with Gasteiger partial charge < -0.3 is 9.80 Å². The predicted molar refractivity (Wildman–Crippen MR) is 79.0 cm³/mol. The molecule has 22 heavy (non-hydrogen) atoms. The number of hydrogen-bond donors (Lipinski definition) is 0. The minimum absolute atomic E-state index is 0.0166. The van der Waals surface area contributed by atoms with Gasteiger partial charge in [-0.25, -0.2) is 9.69 Å². The first-order chi connectivity index (χ1) is 10.6. The maximum absolute atomic E-state index is 13.0. The third kappa shape index (κ3) is 1.69. The molecular formula is C16H23N3O3. The molecule has 3 aliphatic heterocycles. The molecule has 0 aromatic heterocycles. The second-order valence-electron chi connectivity index (χ2n) is 7.06. The van der Waals surface area contributed by atoms with E-state index in [1.807, 2.05) is 11.8 Å². The Morgan fingerprint density at radius 1 is 1.14 bits per heavy atom. The molecule has 1 saturated carbocycles. The van der Waals surface area contributed by atoms with Gasteiger partial charge in [0.2, 0.25) is 5.91 Å². The van der Waals surface area contributed by atoms with Crippen molar-refractivity contribution >= 4 is 17.8 Å². The van der Waals surface area contributed by atoms with Crippen LogP contribution in [0.3, 0.4) is 0 Å². The van der Waals surface area contributed by atoms with E-state index in [1.54, 1.807) is 4.90 Å². The molecule has 0 unspecified atom stereocenters. The fourth-order valence-electron chi connectivity index (χ4n) is 4.55. The van der Waals surface area contributed by atoms with Gasteiger partial charge in [-0.05, 0) is 38.5 Å². The highest BCUT2D eigenvalue weighted by Crippen LogP contribution is 2.43. The van der Waals surface area contributed by atoms with Crippen LogP contribution in [0.5, 0.6) is 0 Å². The largest absolute Gasteiger partial charge is 0.338 e. The zero-order valence-electron chi connectivity index (χ0n) is 13.1. The molecule has 3 heterocycles. The lowest BCUT2D eigenvalue weighted by atomic mass is 9.90. The van der Waals surface area contributed by atoms with Gasteiger partial charge in [-0.2, -0.15) is 0 Å². The van der Waals surface area contributed by atoms with Gasteiger partial charge >= 0.3 is 6.03 Å². The highest BCUT2D eigenvalue weighted by Gasteiger charge is 2.62. The lowest BCUT2D eigenvalue weighted by Gasteiger charge is -2.27. The molecule has 3 saturated heterocycles. The minimum atomic E-state index is -0.654. The van der Waals surface area contributed by atoms with Crippen LogP contribution >= 0.6 is 0 Å². The molecule has 120 valence electrons. The highest BCUT2D eigenvalue weighted by molar-refractivity contribution is 6.10. The van der Waals surface area contributed by atoms with E-state index in [2.05, 4.69) is 0 Å². The van der Waals surface area contributed by atoms with Crippen LogP contribution in [-0.4, -0.2) is 63.3 Å². The average Bonchev–Trinajstić information content (AvgIpc) is 3.09. The number of carbonyl (C=O) groups is 3. The summed E-state index contributed by atoms with van der Waals surface area (Å²) < 4.78 is 0. The third-order valence-electron chi connectivity index (χ3n) is 5.72. The Bertz CT molecular complexity index is 545. The first-order valence-corrected chi connectivity index (χ1v) is 8.56. The molecule has 0 spiro atoms. The van der Waals surface area contributed by atoms with Crippen molar-refractivity contribution < 1.29 is 14.4 Å². The van der Waals surface area contributed by atoms with Gasteiger partial charge in [0.05, 0.1) is 0 Å². The first kappa shape index (κ1) is 14.0. The molecule has 2 atom stereocenters.